The lowest BCUT2D eigenvalue weighted by atomic mass is 9.99. The molecule has 0 saturated carbocycles. The summed E-state index contributed by atoms with van der Waals surface area (Å²) in [6.07, 6.45) is 4.13. The maximum absolute atomic E-state index is 12.5. The molecule has 2 aromatic heterocycles. The fraction of sp³-hybridized carbons (Fsp3) is 0.190. The quantitative estimate of drug-likeness (QED) is 0.584. The fourth-order valence-corrected chi connectivity index (χ4v) is 3.61. The number of aryl methyl sites for hydroxylation is 2. The van der Waals surface area contributed by atoms with Gasteiger partial charge in [0.25, 0.3) is 11.5 Å². The number of hydrogen-bond donors (Lipinski definition) is 2. The Morgan fingerprint density at radius 1 is 1.13 bits per heavy atom. The van der Waals surface area contributed by atoms with E-state index in [2.05, 4.69) is 15.4 Å². The molecular weight excluding hydrogens is 443 g/mol. The first-order valence-corrected chi connectivity index (χ1v) is 9.89. The molecule has 2 N–H and O–H groups in total. The predicted octanol–water partition coefficient (Wildman–Crippen LogP) is 2.88. The number of carboxylic acid groups (broad SMARTS) is 1. The van der Waals surface area contributed by atoms with E-state index < -0.39 is 17.9 Å². The lowest BCUT2D eigenvalue weighted by Crippen LogP contribution is -2.42. The van der Waals surface area contributed by atoms with Crippen LogP contribution in [0, 0.1) is 6.92 Å². The van der Waals surface area contributed by atoms with Crippen LogP contribution in [0.1, 0.15) is 21.5 Å². The first-order chi connectivity index (χ1) is 14.7. The first kappa shape index (κ1) is 22.5. The van der Waals surface area contributed by atoms with Crippen molar-refractivity contribution in [2.24, 2.45) is 7.05 Å². The number of amides is 1. The van der Waals surface area contributed by atoms with Crippen LogP contribution < -0.4 is 10.9 Å². The molecule has 0 radical (unpaired) electrons. The number of nitrogens with zero attached hydrogens (tertiary/aromatic N) is 3. The number of aromatic nitrogens is 3. The van der Waals surface area contributed by atoms with E-state index >= 15 is 0 Å². The van der Waals surface area contributed by atoms with Gasteiger partial charge in [-0.3, -0.25) is 14.6 Å². The number of carboxylic acids is 1. The summed E-state index contributed by atoms with van der Waals surface area (Å²) in [4.78, 5) is 40.4. The fourth-order valence-electron chi connectivity index (χ4n) is 3.07. The van der Waals surface area contributed by atoms with Crippen molar-refractivity contribution < 1.29 is 14.7 Å². The van der Waals surface area contributed by atoms with Gasteiger partial charge in [-0.1, -0.05) is 47.5 Å². The van der Waals surface area contributed by atoms with Crippen LogP contribution in [0.5, 0.6) is 0 Å². The zero-order valence-electron chi connectivity index (χ0n) is 16.6. The van der Waals surface area contributed by atoms with E-state index in [-0.39, 0.29) is 27.6 Å². The van der Waals surface area contributed by atoms with E-state index in [0.29, 0.717) is 16.7 Å². The Bertz CT molecular complexity index is 1190. The Labute approximate surface area is 187 Å². The van der Waals surface area contributed by atoms with Crippen molar-refractivity contribution in [2.45, 2.75) is 19.4 Å². The summed E-state index contributed by atoms with van der Waals surface area (Å²) in [6, 6.07) is 5.67. The number of aliphatic carboxylic acids is 1. The molecule has 31 heavy (non-hydrogen) atoms. The number of benzene rings is 1. The summed E-state index contributed by atoms with van der Waals surface area (Å²) < 4.78 is 1.25. The molecule has 3 rings (SSSR count). The van der Waals surface area contributed by atoms with Crippen molar-refractivity contribution in [1.82, 2.24) is 20.1 Å². The third-order valence-electron chi connectivity index (χ3n) is 4.69. The number of rotatable bonds is 6. The lowest BCUT2D eigenvalue weighted by Gasteiger charge is -2.16. The molecule has 2 heterocycles. The van der Waals surface area contributed by atoms with Gasteiger partial charge in [0.2, 0.25) is 0 Å². The Kier molecular flexibility index (Phi) is 6.72. The van der Waals surface area contributed by atoms with Crippen molar-refractivity contribution in [3.63, 3.8) is 0 Å². The van der Waals surface area contributed by atoms with E-state index in [9.17, 15) is 19.5 Å². The Hall–Kier alpha value is -3.23. The van der Waals surface area contributed by atoms with Crippen molar-refractivity contribution in [3.05, 3.63) is 79.9 Å². The molecule has 0 aliphatic heterocycles. The highest BCUT2D eigenvalue weighted by molar-refractivity contribution is 6.39. The molecule has 3 aromatic rings. The van der Waals surface area contributed by atoms with Crippen molar-refractivity contribution >= 4 is 35.1 Å². The second kappa shape index (κ2) is 9.28. The molecule has 0 spiro atoms. The molecule has 0 bridgehead atoms. The molecule has 1 aromatic carbocycles. The van der Waals surface area contributed by atoms with Gasteiger partial charge in [0.05, 0.1) is 27.4 Å². The van der Waals surface area contributed by atoms with Gasteiger partial charge in [0.1, 0.15) is 6.04 Å². The molecule has 0 saturated heterocycles. The molecule has 160 valence electrons. The Morgan fingerprint density at radius 3 is 2.32 bits per heavy atom. The van der Waals surface area contributed by atoms with Gasteiger partial charge in [-0.15, -0.1) is 0 Å². The monoisotopic (exact) mass is 460 g/mol. The highest BCUT2D eigenvalue weighted by atomic mass is 35.5. The second-order valence-electron chi connectivity index (χ2n) is 6.87. The minimum Gasteiger partial charge on any atom is -0.480 e. The number of pyridine rings is 1. The van der Waals surface area contributed by atoms with E-state index in [1.54, 1.807) is 44.4 Å². The van der Waals surface area contributed by atoms with Gasteiger partial charge >= 0.3 is 5.97 Å². The summed E-state index contributed by atoms with van der Waals surface area (Å²) in [5.41, 5.74) is 2.34. The zero-order chi connectivity index (χ0) is 22.7. The standard InChI is InChI=1S/C21H18Cl2N4O4/c1-11-8-25-27(2)20(29)17(11)13-5-3-12(4-6-13)7-16(21(30)31)26-19(28)18-14(22)9-24-10-15(18)23/h3-6,8-10,16H,7H2,1-2H3,(H,26,28)(H,30,31). The number of halogens is 2. The molecule has 8 nitrogen and oxygen atoms in total. The van der Waals surface area contributed by atoms with Crippen LogP contribution in [-0.4, -0.2) is 37.8 Å². The number of hydrogen-bond acceptors (Lipinski definition) is 5. The van der Waals surface area contributed by atoms with Crippen molar-refractivity contribution in [1.29, 1.82) is 0 Å². The summed E-state index contributed by atoms with van der Waals surface area (Å²) in [5, 5.41) is 16.0. The van der Waals surface area contributed by atoms with Crippen LogP contribution >= 0.6 is 23.2 Å². The molecule has 0 aliphatic rings. The molecule has 0 fully saturated rings. The van der Waals surface area contributed by atoms with Crippen molar-refractivity contribution in [3.8, 4) is 11.1 Å². The summed E-state index contributed by atoms with van der Waals surface area (Å²) in [5.74, 6) is -1.92. The molecule has 1 amide bonds. The van der Waals surface area contributed by atoms with Crippen LogP contribution in [0.25, 0.3) is 11.1 Å². The number of carbonyl (C=O) groups is 2. The van der Waals surface area contributed by atoms with Gasteiger partial charge < -0.3 is 10.4 Å². The zero-order valence-corrected chi connectivity index (χ0v) is 18.1. The van der Waals surface area contributed by atoms with Crippen LogP contribution in [0.4, 0.5) is 0 Å². The van der Waals surface area contributed by atoms with Gasteiger partial charge in [0, 0.05) is 25.9 Å². The largest absolute Gasteiger partial charge is 0.480 e. The maximum atomic E-state index is 12.5. The molecule has 10 heteroatoms. The Balaban J connectivity index is 1.82. The van der Waals surface area contributed by atoms with Gasteiger partial charge in [-0.2, -0.15) is 5.10 Å². The highest BCUT2D eigenvalue weighted by Crippen LogP contribution is 2.23. The van der Waals surface area contributed by atoms with E-state index in [1.165, 1.54) is 17.1 Å². The van der Waals surface area contributed by atoms with Gasteiger partial charge in [-0.25, -0.2) is 9.48 Å². The first-order valence-electron chi connectivity index (χ1n) is 9.14. The summed E-state index contributed by atoms with van der Waals surface area (Å²) >= 11 is 11.9. The molecule has 1 unspecified atom stereocenters. The van der Waals surface area contributed by atoms with E-state index in [4.69, 9.17) is 23.2 Å². The molecule has 1 atom stereocenters. The third-order valence-corrected chi connectivity index (χ3v) is 5.27. The van der Waals surface area contributed by atoms with Gasteiger partial charge in [0.15, 0.2) is 0 Å². The smallest absolute Gasteiger partial charge is 0.326 e. The van der Waals surface area contributed by atoms with Crippen LogP contribution in [0.15, 0.2) is 47.7 Å². The average molecular weight is 461 g/mol. The third kappa shape index (κ3) is 4.92. The predicted molar refractivity (Wildman–Crippen MR) is 117 cm³/mol. The number of nitrogens with one attached hydrogen (secondary N) is 1. The van der Waals surface area contributed by atoms with E-state index in [0.717, 1.165) is 5.56 Å². The van der Waals surface area contributed by atoms with Gasteiger partial charge in [-0.05, 0) is 23.6 Å². The lowest BCUT2D eigenvalue weighted by molar-refractivity contribution is -0.139. The average Bonchev–Trinajstić information content (AvgIpc) is 2.71. The topological polar surface area (TPSA) is 114 Å². The minimum atomic E-state index is -1.21. The minimum absolute atomic E-state index is 0.0211. The summed E-state index contributed by atoms with van der Waals surface area (Å²) in [6.45, 7) is 1.79. The van der Waals surface area contributed by atoms with E-state index in [1.807, 2.05) is 0 Å². The van der Waals surface area contributed by atoms with Crippen LogP contribution in [0.3, 0.4) is 0 Å². The second-order valence-corrected chi connectivity index (χ2v) is 7.69. The Morgan fingerprint density at radius 2 is 1.74 bits per heavy atom. The highest BCUT2D eigenvalue weighted by Gasteiger charge is 2.24. The normalized spacial score (nSPS) is 11.7. The maximum Gasteiger partial charge on any atom is 0.326 e. The van der Waals surface area contributed by atoms with Crippen LogP contribution in [0.2, 0.25) is 10.0 Å². The van der Waals surface area contributed by atoms with Crippen molar-refractivity contribution in [2.75, 3.05) is 0 Å². The number of carbonyl (C=O) groups excluding carboxylic acids is 1. The summed E-state index contributed by atoms with van der Waals surface area (Å²) in [7, 11) is 1.57. The molecule has 0 aliphatic carbocycles. The SMILES string of the molecule is Cc1cnn(C)c(=O)c1-c1ccc(CC(NC(=O)c2c(Cl)cncc2Cl)C(=O)O)cc1. The van der Waals surface area contributed by atoms with Crippen LogP contribution in [-0.2, 0) is 18.3 Å². The molecular formula is C21H18Cl2N4O4.